The second-order valence-corrected chi connectivity index (χ2v) is 5.76. The van der Waals surface area contributed by atoms with Gasteiger partial charge in [-0.2, -0.15) is 0 Å². The van der Waals surface area contributed by atoms with E-state index < -0.39 is 0 Å². The second-order valence-electron chi connectivity index (χ2n) is 4.47. The molecule has 1 aromatic rings. The Morgan fingerprint density at radius 1 is 1.38 bits per heavy atom. The first-order valence-corrected chi connectivity index (χ1v) is 6.75. The minimum absolute atomic E-state index is 0.549. The van der Waals surface area contributed by atoms with Crippen molar-refractivity contribution >= 4 is 27.5 Å². The lowest BCUT2D eigenvalue weighted by Gasteiger charge is -2.16. The Morgan fingerprint density at radius 3 is 3.12 bits per heavy atom. The highest BCUT2D eigenvalue weighted by molar-refractivity contribution is 9.10. The Morgan fingerprint density at radius 2 is 2.25 bits per heavy atom. The van der Waals surface area contributed by atoms with E-state index in [0.717, 1.165) is 41.4 Å². The molecular formula is C12H13BrClNO. The summed E-state index contributed by atoms with van der Waals surface area (Å²) in [5, 5.41) is 4.24. The van der Waals surface area contributed by atoms with Crippen LogP contribution in [0.25, 0.3) is 0 Å². The molecule has 1 fully saturated rings. The number of ether oxygens (including phenoxy) is 1. The third-order valence-corrected chi connectivity index (χ3v) is 4.32. The molecule has 2 nitrogen and oxygen atoms in total. The molecule has 0 aliphatic carbocycles. The third-order valence-electron chi connectivity index (χ3n) is 3.51. The van der Waals surface area contributed by atoms with E-state index in [-0.39, 0.29) is 0 Å². The lowest BCUT2D eigenvalue weighted by atomic mass is 9.87. The van der Waals surface area contributed by atoms with Crippen molar-refractivity contribution in [2.24, 2.45) is 5.92 Å². The average Bonchev–Trinajstić information content (AvgIpc) is 2.62. The number of fused-ring (bicyclic) bond motifs is 3. The molecule has 2 atom stereocenters. The number of nitrogens with one attached hydrogen (secondary N) is 1. The molecule has 2 unspecified atom stereocenters. The van der Waals surface area contributed by atoms with Gasteiger partial charge in [0, 0.05) is 23.0 Å². The molecule has 2 aliphatic rings. The minimum atomic E-state index is 0.549. The van der Waals surface area contributed by atoms with Crippen LogP contribution in [-0.2, 0) is 0 Å². The van der Waals surface area contributed by atoms with E-state index in [1.807, 2.05) is 6.07 Å². The number of halogens is 2. The summed E-state index contributed by atoms with van der Waals surface area (Å²) >= 11 is 9.65. The fraction of sp³-hybridized carbons (Fsp3) is 0.500. The first kappa shape index (κ1) is 10.9. The second kappa shape index (κ2) is 4.21. The highest BCUT2D eigenvalue weighted by Gasteiger charge is 2.33. The third kappa shape index (κ3) is 1.75. The fourth-order valence-electron chi connectivity index (χ4n) is 2.72. The summed E-state index contributed by atoms with van der Waals surface area (Å²) in [7, 11) is 0. The van der Waals surface area contributed by atoms with E-state index >= 15 is 0 Å². The molecule has 0 saturated carbocycles. The molecule has 2 aliphatic heterocycles. The summed E-state index contributed by atoms with van der Waals surface area (Å²) in [5.74, 6) is 2.22. The van der Waals surface area contributed by atoms with Gasteiger partial charge in [0.05, 0.1) is 11.1 Å². The Hall–Kier alpha value is -0.250. The maximum atomic E-state index is 6.12. The van der Waals surface area contributed by atoms with Crippen LogP contribution in [0.4, 0.5) is 0 Å². The highest BCUT2D eigenvalue weighted by Crippen LogP contribution is 2.43. The Bertz CT molecular complexity index is 424. The number of rotatable bonds is 0. The van der Waals surface area contributed by atoms with Gasteiger partial charge in [-0.05, 0) is 46.9 Å². The first-order valence-electron chi connectivity index (χ1n) is 5.58. The van der Waals surface area contributed by atoms with Gasteiger partial charge in [-0.3, -0.25) is 0 Å². The van der Waals surface area contributed by atoms with Crippen molar-refractivity contribution in [3.05, 3.63) is 27.2 Å². The lowest BCUT2D eigenvalue weighted by Crippen LogP contribution is -2.11. The van der Waals surface area contributed by atoms with Crippen LogP contribution in [0.1, 0.15) is 17.9 Å². The van der Waals surface area contributed by atoms with Crippen molar-refractivity contribution < 1.29 is 4.74 Å². The molecule has 1 N–H and O–H groups in total. The monoisotopic (exact) mass is 301 g/mol. The molecule has 0 radical (unpaired) electrons. The van der Waals surface area contributed by atoms with Crippen LogP contribution in [0.15, 0.2) is 16.6 Å². The largest absolute Gasteiger partial charge is 0.492 e. The molecule has 2 heterocycles. The predicted molar refractivity (Wildman–Crippen MR) is 68.4 cm³/mol. The normalized spacial score (nSPS) is 27.9. The van der Waals surface area contributed by atoms with Gasteiger partial charge in [0.1, 0.15) is 5.75 Å². The standard InChI is InChI=1S/C12H13BrClNO/c13-11-4-8(14)3-9-10-6-15-5-7(10)1-2-16-12(9)11/h3-4,7,10,15H,1-2,5-6H2. The first-order chi connectivity index (χ1) is 7.75. The summed E-state index contributed by atoms with van der Waals surface area (Å²) in [6, 6.07) is 3.96. The van der Waals surface area contributed by atoms with Crippen LogP contribution in [0.2, 0.25) is 5.02 Å². The molecule has 0 aromatic heterocycles. The van der Waals surface area contributed by atoms with E-state index in [4.69, 9.17) is 16.3 Å². The van der Waals surface area contributed by atoms with E-state index in [0.29, 0.717) is 11.8 Å². The quantitative estimate of drug-likeness (QED) is 0.795. The van der Waals surface area contributed by atoms with Gasteiger partial charge in [0.2, 0.25) is 0 Å². The van der Waals surface area contributed by atoms with Crippen molar-refractivity contribution in [2.75, 3.05) is 19.7 Å². The van der Waals surface area contributed by atoms with Crippen molar-refractivity contribution in [3.8, 4) is 5.75 Å². The van der Waals surface area contributed by atoms with Gasteiger partial charge < -0.3 is 10.1 Å². The highest BCUT2D eigenvalue weighted by atomic mass is 79.9. The lowest BCUT2D eigenvalue weighted by molar-refractivity contribution is 0.295. The summed E-state index contributed by atoms with van der Waals surface area (Å²) < 4.78 is 6.81. The van der Waals surface area contributed by atoms with E-state index in [2.05, 4.69) is 27.3 Å². The smallest absolute Gasteiger partial charge is 0.137 e. The fourth-order valence-corrected chi connectivity index (χ4v) is 3.67. The van der Waals surface area contributed by atoms with Gasteiger partial charge in [0.25, 0.3) is 0 Å². The van der Waals surface area contributed by atoms with Crippen LogP contribution >= 0.6 is 27.5 Å². The van der Waals surface area contributed by atoms with E-state index in [9.17, 15) is 0 Å². The predicted octanol–water partition coefficient (Wildman–Crippen LogP) is 3.19. The van der Waals surface area contributed by atoms with E-state index in [1.165, 1.54) is 5.56 Å². The number of hydrogen-bond donors (Lipinski definition) is 1. The molecule has 3 rings (SSSR count). The zero-order valence-corrected chi connectivity index (χ0v) is 11.1. The molecule has 86 valence electrons. The summed E-state index contributed by atoms with van der Waals surface area (Å²) in [4.78, 5) is 0. The zero-order valence-electron chi connectivity index (χ0n) is 8.80. The number of benzene rings is 1. The van der Waals surface area contributed by atoms with Crippen LogP contribution in [0.5, 0.6) is 5.75 Å². The number of hydrogen-bond acceptors (Lipinski definition) is 2. The Balaban J connectivity index is 2.12. The van der Waals surface area contributed by atoms with Crippen molar-refractivity contribution in [2.45, 2.75) is 12.3 Å². The molecule has 16 heavy (non-hydrogen) atoms. The molecule has 0 spiro atoms. The van der Waals surface area contributed by atoms with Gasteiger partial charge in [0.15, 0.2) is 0 Å². The van der Waals surface area contributed by atoms with E-state index in [1.54, 1.807) is 0 Å². The summed E-state index contributed by atoms with van der Waals surface area (Å²) in [5.41, 5.74) is 1.26. The van der Waals surface area contributed by atoms with Gasteiger partial charge in [-0.1, -0.05) is 11.6 Å². The maximum absolute atomic E-state index is 6.12. The molecule has 1 saturated heterocycles. The minimum Gasteiger partial charge on any atom is -0.492 e. The van der Waals surface area contributed by atoms with Gasteiger partial charge >= 0.3 is 0 Å². The Labute approximate surface area is 108 Å². The average molecular weight is 303 g/mol. The van der Waals surface area contributed by atoms with Crippen molar-refractivity contribution in [1.29, 1.82) is 0 Å². The Kier molecular flexibility index (Phi) is 2.86. The molecule has 0 bridgehead atoms. The molecular weight excluding hydrogens is 289 g/mol. The van der Waals surface area contributed by atoms with Crippen LogP contribution in [0.3, 0.4) is 0 Å². The van der Waals surface area contributed by atoms with Crippen molar-refractivity contribution in [1.82, 2.24) is 5.32 Å². The van der Waals surface area contributed by atoms with Crippen LogP contribution in [0, 0.1) is 5.92 Å². The van der Waals surface area contributed by atoms with Gasteiger partial charge in [-0.15, -0.1) is 0 Å². The zero-order chi connectivity index (χ0) is 11.1. The molecule has 0 amide bonds. The van der Waals surface area contributed by atoms with Crippen molar-refractivity contribution in [3.63, 3.8) is 0 Å². The van der Waals surface area contributed by atoms with Crippen LogP contribution < -0.4 is 10.1 Å². The van der Waals surface area contributed by atoms with Crippen LogP contribution in [-0.4, -0.2) is 19.7 Å². The molecule has 4 heteroatoms. The topological polar surface area (TPSA) is 21.3 Å². The SMILES string of the molecule is Clc1cc(Br)c2c(c1)C1CNCC1CCO2. The van der Waals surface area contributed by atoms with Gasteiger partial charge in [-0.25, -0.2) is 0 Å². The summed E-state index contributed by atoms with van der Waals surface area (Å²) in [6.07, 6.45) is 1.12. The maximum Gasteiger partial charge on any atom is 0.137 e. The summed E-state index contributed by atoms with van der Waals surface area (Å²) in [6.45, 7) is 2.93. The molecule has 1 aromatic carbocycles.